The van der Waals surface area contributed by atoms with Crippen molar-refractivity contribution in [2.75, 3.05) is 10.6 Å². The number of imide groups is 1. The lowest BCUT2D eigenvalue weighted by atomic mass is 10.0. The zero-order valence-electron chi connectivity index (χ0n) is 17.2. The summed E-state index contributed by atoms with van der Waals surface area (Å²) in [5.41, 5.74) is 6.80. The molecule has 2 heterocycles. The normalized spacial score (nSPS) is 16.2. The van der Waals surface area contributed by atoms with Gasteiger partial charge in [-0.2, -0.15) is 0 Å². The average Bonchev–Trinajstić information content (AvgIpc) is 2.89. The van der Waals surface area contributed by atoms with Gasteiger partial charge in [-0.1, -0.05) is 18.2 Å². The molecule has 0 atom stereocenters. The number of ether oxygens (including phenoxy) is 1. The van der Waals surface area contributed by atoms with Crippen LogP contribution in [0.5, 0.6) is 5.75 Å². The highest BCUT2D eigenvalue weighted by Gasteiger charge is 2.52. The number of rotatable bonds is 4. The topological polar surface area (TPSA) is 88.8 Å². The van der Waals surface area contributed by atoms with Crippen molar-refractivity contribution in [2.45, 2.75) is 32.3 Å². The summed E-state index contributed by atoms with van der Waals surface area (Å²) in [5, 5.41) is 0.760. The van der Waals surface area contributed by atoms with Gasteiger partial charge in [0.1, 0.15) is 11.3 Å². The number of para-hydroxylation sites is 1. The summed E-state index contributed by atoms with van der Waals surface area (Å²) < 4.78 is 41.1. The van der Waals surface area contributed by atoms with Gasteiger partial charge in [0.25, 0.3) is 5.91 Å². The van der Waals surface area contributed by atoms with Gasteiger partial charge in [-0.15, -0.1) is 13.2 Å². The van der Waals surface area contributed by atoms with Gasteiger partial charge in [0.15, 0.2) is 0 Å². The van der Waals surface area contributed by atoms with Crippen molar-refractivity contribution in [1.29, 1.82) is 0 Å². The van der Waals surface area contributed by atoms with Gasteiger partial charge in [-0.25, -0.2) is 9.69 Å². The number of hydrogen-bond acceptors (Lipinski definition) is 5. The van der Waals surface area contributed by atoms with Crippen LogP contribution in [0.4, 0.5) is 29.3 Å². The fourth-order valence-electron chi connectivity index (χ4n) is 3.67. The van der Waals surface area contributed by atoms with Crippen molar-refractivity contribution in [3.63, 3.8) is 0 Å². The lowest BCUT2D eigenvalue weighted by Crippen LogP contribution is -2.43. The molecule has 2 aromatic carbocycles. The second kappa shape index (κ2) is 7.40. The van der Waals surface area contributed by atoms with Crippen LogP contribution in [0.15, 0.2) is 54.7 Å². The minimum absolute atomic E-state index is 0.0538. The Kier molecular flexibility index (Phi) is 4.95. The Bertz CT molecular complexity index is 1210. The van der Waals surface area contributed by atoms with Crippen LogP contribution in [0.1, 0.15) is 19.4 Å². The number of aromatic nitrogens is 1. The Morgan fingerprint density at radius 1 is 1.06 bits per heavy atom. The lowest BCUT2D eigenvalue weighted by molar-refractivity contribution is -0.274. The number of hydrogen-bond donors (Lipinski definition) is 1. The lowest BCUT2D eigenvalue weighted by Gasteiger charge is -2.28. The number of nitrogens with zero attached hydrogens (tertiary/aromatic N) is 3. The third-order valence-corrected chi connectivity index (χ3v) is 5.39. The number of anilines is 2. The number of carbonyl (C=O) groups is 2. The zero-order chi connectivity index (χ0) is 23.3. The number of nitrogens with two attached hydrogens (primary N) is 1. The van der Waals surface area contributed by atoms with Gasteiger partial charge in [-0.05, 0) is 44.2 Å². The molecule has 0 aliphatic carbocycles. The van der Waals surface area contributed by atoms with E-state index in [1.54, 1.807) is 13.8 Å². The second-order valence-electron chi connectivity index (χ2n) is 7.82. The van der Waals surface area contributed by atoms with E-state index in [9.17, 15) is 22.8 Å². The van der Waals surface area contributed by atoms with Crippen molar-refractivity contribution in [1.82, 2.24) is 9.88 Å². The Morgan fingerprint density at radius 3 is 2.38 bits per heavy atom. The molecule has 1 aliphatic rings. The number of pyridine rings is 1. The molecule has 32 heavy (non-hydrogen) atoms. The van der Waals surface area contributed by atoms with Crippen LogP contribution in [0.2, 0.25) is 0 Å². The molecule has 1 aromatic heterocycles. The summed E-state index contributed by atoms with van der Waals surface area (Å²) in [6.45, 7) is 3.26. The second-order valence-corrected chi connectivity index (χ2v) is 7.82. The number of fused-ring (bicyclic) bond motifs is 1. The molecular formula is C22H19F3N4O3. The first-order valence-electron chi connectivity index (χ1n) is 9.63. The predicted molar refractivity (Wildman–Crippen MR) is 112 cm³/mol. The van der Waals surface area contributed by atoms with Crippen molar-refractivity contribution in [2.24, 2.45) is 0 Å². The van der Waals surface area contributed by atoms with Gasteiger partial charge in [0.05, 0.1) is 29.6 Å². The molecule has 1 fully saturated rings. The molecule has 3 amide bonds. The van der Waals surface area contributed by atoms with Crippen LogP contribution in [0, 0.1) is 0 Å². The van der Waals surface area contributed by atoms with E-state index in [1.807, 2.05) is 24.3 Å². The third-order valence-electron chi connectivity index (χ3n) is 5.39. The molecular weight excluding hydrogens is 425 g/mol. The highest BCUT2D eigenvalue weighted by Crippen LogP contribution is 2.36. The average molecular weight is 444 g/mol. The smallest absolute Gasteiger partial charge is 0.406 e. The summed E-state index contributed by atoms with van der Waals surface area (Å²) >= 11 is 0. The van der Waals surface area contributed by atoms with Crippen molar-refractivity contribution in [3.8, 4) is 5.75 Å². The van der Waals surface area contributed by atoms with Gasteiger partial charge in [0, 0.05) is 10.9 Å². The standard InChI is InChI=1S/C22H19F3N4O3/c1-21(2)19(30)29(13-7-9-14(10-8-13)32-22(23,24)25)20(31)28(21)12-16-15-5-3-4-6-18(15)27-11-17(16)26/h3-11H,12,26H2,1-2H3. The van der Waals surface area contributed by atoms with E-state index < -0.39 is 29.6 Å². The molecule has 0 spiro atoms. The number of amides is 3. The monoisotopic (exact) mass is 444 g/mol. The third kappa shape index (κ3) is 3.68. The Morgan fingerprint density at radius 2 is 1.72 bits per heavy atom. The van der Waals surface area contributed by atoms with Crippen LogP contribution in [-0.4, -0.2) is 33.7 Å². The maximum absolute atomic E-state index is 13.3. The molecule has 1 aliphatic heterocycles. The Hall–Kier alpha value is -3.82. The first-order valence-corrected chi connectivity index (χ1v) is 9.63. The first kappa shape index (κ1) is 21.4. The maximum atomic E-state index is 13.3. The van der Waals surface area contributed by atoms with E-state index >= 15 is 0 Å². The number of carbonyl (C=O) groups excluding carboxylic acids is 2. The highest BCUT2D eigenvalue weighted by atomic mass is 19.4. The molecule has 10 heteroatoms. The molecule has 7 nitrogen and oxygen atoms in total. The van der Waals surface area contributed by atoms with E-state index in [1.165, 1.54) is 23.2 Å². The van der Waals surface area contributed by atoms with Gasteiger partial charge < -0.3 is 15.4 Å². The molecule has 0 saturated carbocycles. The first-order chi connectivity index (χ1) is 15.0. The van der Waals surface area contributed by atoms with E-state index in [0.29, 0.717) is 16.8 Å². The van der Waals surface area contributed by atoms with Crippen molar-refractivity contribution >= 4 is 34.2 Å². The van der Waals surface area contributed by atoms with E-state index in [-0.39, 0.29) is 12.2 Å². The minimum Gasteiger partial charge on any atom is -0.406 e. The molecule has 0 unspecified atom stereocenters. The van der Waals surface area contributed by atoms with Crippen molar-refractivity contribution < 1.29 is 27.5 Å². The largest absolute Gasteiger partial charge is 0.573 e. The Labute approximate surface area is 181 Å². The summed E-state index contributed by atoms with van der Waals surface area (Å²) in [4.78, 5) is 33.0. The number of alkyl halides is 3. The quantitative estimate of drug-likeness (QED) is 0.600. The summed E-state index contributed by atoms with van der Waals surface area (Å²) in [5.74, 6) is -0.962. The fraction of sp³-hybridized carbons (Fsp3) is 0.227. The number of nitrogen functional groups attached to an aromatic ring is 1. The molecule has 1 saturated heterocycles. The fourth-order valence-corrected chi connectivity index (χ4v) is 3.67. The molecule has 2 N–H and O–H groups in total. The SMILES string of the molecule is CC1(C)C(=O)N(c2ccc(OC(F)(F)F)cc2)C(=O)N1Cc1c(N)cnc2ccccc12. The van der Waals surface area contributed by atoms with E-state index in [4.69, 9.17) is 5.73 Å². The highest BCUT2D eigenvalue weighted by molar-refractivity contribution is 6.23. The summed E-state index contributed by atoms with van der Waals surface area (Å²) in [6, 6.07) is 11.3. The van der Waals surface area contributed by atoms with Crippen LogP contribution in [0.3, 0.4) is 0 Å². The van der Waals surface area contributed by atoms with Gasteiger partial charge in [0.2, 0.25) is 0 Å². The molecule has 4 rings (SSSR count). The number of halogens is 3. The predicted octanol–water partition coefficient (Wildman–Crippen LogP) is 4.46. The van der Waals surface area contributed by atoms with E-state index in [0.717, 1.165) is 22.4 Å². The van der Waals surface area contributed by atoms with Gasteiger partial charge in [-0.3, -0.25) is 9.78 Å². The van der Waals surface area contributed by atoms with Gasteiger partial charge >= 0.3 is 12.4 Å². The summed E-state index contributed by atoms with van der Waals surface area (Å²) in [6.07, 6.45) is -3.34. The minimum atomic E-state index is -4.84. The maximum Gasteiger partial charge on any atom is 0.573 e. The van der Waals surface area contributed by atoms with Crippen LogP contribution >= 0.6 is 0 Å². The molecule has 166 valence electrons. The van der Waals surface area contributed by atoms with Crippen molar-refractivity contribution in [3.05, 3.63) is 60.3 Å². The number of benzene rings is 2. The molecule has 3 aromatic rings. The van der Waals surface area contributed by atoms with Crippen LogP contribution in [0.25, 0.3) is 10.9 Å². The Balaban J connectivity index is 1.67. The summed E-state index contributed by atoms with van der Waals surface area (Å²) in [7, 11) is 0. The number of urea groups is 1. The van der Waals surface area contributed by atoms with E-state index in [2.05, 4.69) is 9.72 Å². The molecule has 0 bridgehead atoms. The molecule has 0 radical (unpaired) electrons. The van der Waals surface area contributed by atoms with Crippen LogP contribution < -0.4 is 15.4 Å². The zero-order valence-corrected chi connectivity index (χ0v) is 17.2. The van der Waals surface area contributed by atoms with Crippen LogP contribution in [-0.2, 0) is 11.3 Å².